The first-order valence-electron chi connectivity index (χ1n) is 7.58. The Balaban J connectivity index is 1.95. The lowest BCUT2D eigenvalue weighted by atomic mass is 10.2. The van der Waals surface area contributed by atoms with Crippen molar-refractivity contribution in [1.82, 2.24) is 9.88 Å². The number of hydrogen-bond acceptors (Lipinski definition) is 5. The van der Waals surface area contributed by atoms with Crippen molar-refractivity contribution in [2.75, 3.05) is 6.54 Å². The Morgan fingerprint density at radius 1 is 1.38 bits per heavy atom. The van der Waals surface area contributed by atoms with E-state index in [9.17, 15) is 9.90 Å². The van der Waals surface area contributed by atoms with Gasteiger partial charge in [0.05, 0.1) is 4.91 Å². The summed E-state index contributed by atoms with van der Waals surface area (Å²) in [6.45, 7) is 4.31. The summed E-state index contributed by atoms with van der Waals surface area (Å²) in [7, 11) is 0. The average molecular weight is 339 g/mol. The van der Waals surface area contributed by atoms with Crippen LogP contribution in [0.15, 0.2) is 52.6 Å². The lowest BCUT2D eigenvalue weighted by molar-refractivity contribution is -0.122. The number of aliphatic imine (C=N–C) groups is 1. The van der Waals surface area contributed by atoms with Crippen LogP contribution in [-0.2, 0) is 4.79 Å². The number of amides is 1. The largest absolute Gasteiger partial charge is 0.506 e. The monoisotopic (exact) mass is 339 g/mol. The third-order valence-electron chi connectivity index (χ3n) is 3.53. The molecule has 1 saturated heterocycles. The number of aromatic hydroxyl groups is 1. The number of hydrogen-bond donors (Lipinski definition) is 1. The maximum atomic E-state index is 12.6. The minimum Gasteiger partial charge on any atom is -0.506 e. The van der Waals surface area contributed by atoms with Crippen LogP contribution in [0.5, 0.6) is 5.75 Å². The topological polar surface area (TPSA) is 65.8 Å². The van der Waals surface area contributed by atoms with E-state index in [0.717, 1.165) is 11.1 Å². The zero-order valence-corrected chi connectivity index (χ0v) is 14.2. The Kier molecular flexibility index (Phi) is 4.66. The first-order valence-corrected chi connectivity index (χ1v) is 8.40. The van der Waals surface area contributed by atoms with Crippen molar-refractivity contribution < 1.29 is 9.90 Å². The molecule has 0 spiro atoms. The van der Waals surface area contributed by atoms with Gasteiger partial charge in [0.25, 0.3) is 5.91 Å². The molecule has 2 heterocycles. The molecule has 24 heavy (non-hydrogen) atoms. The van der Waals surface area contributed by atoms with Gasteiger partial charge in [0.15, 0.2) is 5.17 Å². The van der Waals surface area contributed by atoms with Gasteiger partial charge in [-0.15, -0.1) is 0 Å². The van der Waals surface area contributed by atoms with Gasteiger partial charge >= 0.3 is 0 Å². The molecule has 5 nitrogen and oxygen atoms in total. The van der Waals surface area contributed by atoms with E-state index in [1.54, 1.807) is 35.5 Å². The maximum absolute atomic E-state index is 12.6. The summed E-state index contributed by atoms with van der Waals surface area (Å²) in [5.41, 5.74) is 2.27. The summed E-state index contributed by atoms with van der Waals surface area (Å²) < 4.78 is 0. The highest BCUT2D eigenvalue weighted by molar-refractivity contribution is 8.18. The van der Waals surface area contributed by atoms with Gasteiger partial charge < -0.3 is 5.11 Å². The van der Waals surface area contributed by atoms with Crippen LogP contribution in [0.3, 0.4) is 0 Å². The van der Waals surface area contributed by atoms with E-state index >= 15 is 0 Å². The van der Waals surface area contributed by atoms with E-state index in [-0.39, 0.29) is 11.7 Å². The fourth-order valence-electron chi connectivity index (χ4n) is 2.31. The number of carbonyl (C=O) groups excluding carboxylic acids is 1. The van der Waals surface area contributed by atoms with E-state index in [2.05, 4.69) is 9.98 Å². The number of benzene rings is 1. The van der Waals surface area contributed by atoms with Gasteiger partial charge in [-0.05, 0) is 61.0 Å². The summed E-state index contributed by atoms with van der Waals surface area (Å²) in [5.74, 6) is 0.0213. The van der Waals surface area contributed by atoms with Crippen LogP contribution in [0.4, 0.5) is 5.69 Å². The van der Waals surface area contributed by atoms with Crippen LogP contribution < -0.4 is 0 Å². The van der Waals surface area contributed by atoms with Gasteiger partial charge in [0, 0.05) is 18.9 Å². The molecule has 0 bridgehead atoms. The van der Waals surface area contributed by atoms with Crippen LogP contribution >= 0.6 is 11.8 Å². The van der Waals surface area contributed by atoms with E-state index in [1.165, 1.54) is 11.8 Å². The van der Waals surface area contributed by atoms with Gasteiger partial charge in [0.1, 0.15) is 11.4 Å². The molecule has 2 aromatic rings. The Morgan fingerprint density at radius 3 is 2.88 bits per heavy atom. The molecule has 0 saturated carbocycles. The molecule has 1 aliphatic heterocycles. The third-order valence-corrected chi connectivity index (χ3v) is 4.54. The van der Waals surface area contributed by atoms with Gasteiger partial charge in [-0.2, -0.15) is 0 Å². The standard InChI is InChI=1S/C18H17N3O2S/c1-3-21-17(23)16(10-13-5-4-8-19-11-13)24-18(21)20-14-7-6-12(2)9-15(14)22/h4-11,22H,3H2,1-2H3/b16-10-,20-18?. The van der Waals surface area contributed by atoms with Crippen molar-refractivity contribution in [3.63, 3.8) is 0 Å². The SMILES string of the molecule is CCN1C(=O)/C(=C/c2cccnc2)SC1=Nc1ccc(C)cc1O. The number of aryl methyl sites for hydroxylation is 1. The number of phenolic OH excluding ortho intramolecular Hbond substituents is 1. The number of amidine groups is 1. The minimum absolute atomic E-state index is 0.0864. The molecule has 6 heteroatoms. The van der Waals surface area contributed by atoms with E-state index in [1.807, 2.05) is 32.0 Å². The van der Waals surface area contributed by atoms with Crippen molar-refractivity contribution >= 4 is 34.6 Å². The maximum Gasteiger partial charge on any atom is 0.266 e. The predicted octanol–water partition coefficient (Wildman–Crippen LogP) is 3.72. The summed E-state index contributed by atoms with van der Waals surface area (Å²) >= 11 is 1.30. The van der Waals surface area contributed by atoms with Gasteiger partial charge in [-0.1, -0.05) is 12.1 Å². The molecule has 122 valence electrons. The van der Waals surface area contributed by atoms with Crippen LogP contribution in [0.2, 0.25) is 0 Å². The molecule has 1 aromatic heterocycles. The first-order chi connectivity index (χ1) is 11.6. The van der Waals surface area contributed by atoms with E-state index < -0.39 is 0 Å². The number of likely N-dealkylation sites (N-methyl/N-ethyl adjacent to an activating group) is 1. The van der Waals surface area contributed by atoms with Crippen molar-refractivity contribution in [3.8, 4) is 5.75 Å². The number of phenols is 1. The van der Waals surface area contributed by atoms with Gasteiger partial charge in [-0.25, -0.2) is 4.99 Å². The van der Waals surface area contributed by atoms with Crippen molar-refractivity contribution in [3.05, 3.63) is 58.8 Å². The fourth-order valence-corrected chi connectivity index (χ4v) is 3.37. The van der Waals surface area contributed by atoms with Gasteiger partial charge in [0.2, 0.25) is 0 Å². The summed E-state index contributed by atoms with van der Waals surface area (Å²) in [6, 6.07) is 9.00. The molecule has 0 atom stereocenters. The third kappa shape index (κ3) is 3.33. The molecule has 0 unspecified atom stereocenters. The highest BCUT2D eigenvalue weighted by Gasteiger charge is 2.32. The Morgan fingerprint density at radius 2 is 2.21 bits per heavy atom. The molecular weight excluding hydrogens is 322 g/mol. The quantitative estimate of drug-likeness (QED) is 0.866. The van der Waals surface area contributed by atoms with Gasteiger partial charge in [-0.3, -0.25) is 14.7 Å². The van der Waals surface area contributed by atoms with Crippen LogP contribution in [0.1, 0.15) is 18.1 Å². The Labute approximate surface area is 144 Å². The molecule has 1 fully saturated rings. The smallest absolute Gasteiger partial charge is 0.266 e. The molecule has 3 rings (SSSR count). The summed E-state index contributed by atoms with van der Waals surface area (Å²) in [4.78, 5) is 23.3. The highest BCUT2D eigenvalue weighted by atomic mass is 32.2. The molecule has 1 amide bonds. The van der Waals surface area contributed by atoms with E-state index in [4.69, 9.17) is 0 Å². The number of carbonyl (C=O) groups is 1. The second kappa shape index (κ2) is 6.88. The minimum atomic E-state index is -0.0864. The summed E-state index contributed by atoms with van der Waals surface area (Å²) in [5, 5.41) is 10.6. The second-order valence-electron chi connectivity index (χ2n) is 5.33. The molecule has 1 aromatic carbocycles. The lowest BCUT2D eigenvalue weighted by Crippen LogP contribution is -2.28. The van der Waals surface area contributed by atoms with Crippen LogP contribution in [0.25, 0.3) is 6.08 Å². The molecular formula is C18H17N3O2S. The summed E-state index contributed by atoms with van der Waals surface area (Å²) in [6.07, 6.45) is 5.20. The molecule has 0 aliphatic carbocycles. The van der Waals surface area contributed by atoms with Crippen LogP contribution in [0, 0.1) is 6.92 Å². The van der Waals surface area contributed by atoms with Crippen molar-refractivity contribution in [2.45, 2.75) is 13.8 Å². The van der Waals surface area contributed by atoms with Crippen molar-refractivity contribution in [1.29, 1.82) is 0 Å². The normalized spacial score (nSPS) is 17.9. The highest BCUT2D eigenvalue weighted by Crippen LogP contribution is 2.36. The number of rotatable bonds is 3. The zero-order valence-electron chi connectivity index (χ0n) is 13.4. The number of aromatic nitrogens is 1. The zero-order chi connectivity index (χ0) is 17.1. The molecule has 1 aliphatic rings. The first kappa shape index (κ1) is 16.3. The number of pyridine rings is 1. The molecule has 0 radical (unpaired) electrons. The molecule has 1 N–H and O–H groups in total. The van der Waals surface area contributed by atoms with Crippen LogP contribution in [-0.4, -0.2) is 32.6 Å². The fraction of sp³-hybridized carbons (Fsp3) is 0.167. The van der Waals surface area contributed by atoms with E-state index in [0.29, 0.717) is 22.3 Å². The Hall–Kier alpha value is -2.60. The average Bonchev–Trinajstić information content (AvgIpc) is 2.86. The number of nitrogens with zero attached hydrogens (tertiary/aromatic N) is 3. The second-order valence-corrected chi connectivity index (χ2v) is 6.34. The van der Waals surface area contributed by atoms with Crippen molar-refractivity contribution in [2.24, 2.45) is 4.99 Å². The lowest BCUT2D eigenvalue weighted by Gasteiger charge is -2.12. The predicted molar refractivity (Wildman–Crippen MR) is 97.1 cm³/mol. The Bertz CT molecular complexity index is 831. The number of thioether (sulfide) groups is 1.